The molecule has 0 heterocycles. The van der Waals surface area contributed by atoms with Crippen LogP contribution < -0.4 is 5.32 Å². The van der Waals surface area contributed by atoms with E-state index in [1.165, 1.54) is 30.4 Å². The molecule has 0 aliphatic carbocycles. The Hall–Kier alpha value is -3.00. The van der Waals surface area contributed by atoms with Crippen LogP contribution in [-0.2, 0) is 18.0 Å². The molecule has 0 atom stereocenters. The van der Waals surface area contributed by atoms with Gasteiger partial charge >= 0.3 is 30.4 Å². The van der Waals surface area contributed by atoms with Crippen molar-refractivity contribution in [3.05, 3.63) is 64.2 Å². The second kappa shape index (κ2) is 8.34. The molecule has 0 spiro atoms. The average Bonchev–Trinajstić information content (AvgIpc) is 2.64. The van der Waals surface area contributed by atoms with E-state index in [9.17, 15) is 61.9 Å². The molecule has 1 amide bonds. The number of carbonyl (C=O) groups excluding carboxylic acids is 1. The van der Waals surface area contributed by atoms with Crippen molar-refractivity contribution in [3.63, 3.8) is 0 Å². The van der Waals surface area contributed by atoms with Crippen LogP contribution in [0, 0.1) is 6.92 Å². The molecule has 188 valence electrons. The van der Waals surface area contributed by atoms with Crippen LogP contribution in [0.1, 0.15) is 32.6 Å². The number of benzene rings is 2. The van der Waals surface area contributed by atoms with Crippen LogP contribution >= 0.6 is 0 Å². The Labute approximate surface area is 181 Å². The number of hydrogen-bond acceptors (Lipinski definition) is 1. The molecule has 2 rings (SSSR count). The lowest BCUT2D eigenvalue weighted by Gasteiger charge is -2.32. The van der Waals surface area contributed by atoms with Crippen LogP contribution in [0.15, 0.2) is 36.4 Å². The van der Waals surface area contributed by atoms with E-state index in [0.717, 1.165) is 6.07 Å². The highest BCUT2D eigenvalue weighted by molar-refractivity contribution is 6.06. The van der Waals surface area contributed by atoms with Crippen LogP contribution in [0.3, 0.4) is 0 Å². The van der Waals surface area contributed by atoms with Gasteiger partial charge in [-0.2, -0.15) is 52.7 Å². The first-order valence-electron chi connectivity index (χ1n) is 8.64. The normalized spacial score (nSPS) is 13.7. The molecule has 2 nitrogen and oxygen atoms in total. The van der Waals surface area contributed by atoms with Gasteiger partial charge in [0, 0.05) is 11.1 Å². The molecular weight excluding hydrogens is 505 g/mol. The molecule has 1 N–H and O–H groups in total. The summed E-state index contributed by atoms with van der Waals surface area (Å²) in [5.41, 5.74) is -17.7. The first kappa shape index (κ1) is 27.2. The maximum atomic E-state index is 14.3. The first-order valence-corrected chi connectivity index (χ1v) is 8.64. The summed E-state index contributed by atoms with van der Waals surface area (Å²) in [5, 5.41) is 1.24. The van der Waals surface area contributed by atoms with E-state index in [-0.39, 0.29) is 5.56 Å². The number of halogens is 13. The molecule has 2 aromatic carbocycles. The highest BCUT2D eigenvalue weighted by atomic mass is 19.4. The third-order valence-electron chi connectivity index (χ3n) is 4.56. The Morgan fingerprint density at radius 2 is 1.12 bits per heavy atom. The van der Waals surface area contributed by atoms with Gasteiger partial charge in [-0.15, -0.1) is 0 Å². The van der Waals surface area contributed by atoms with Crippen molar-refractivity contribution in [2.24, 2.45) is 0 Å². The Bertz CT molecular complexity index is 1030. The molecule has 0 aromatic heterocycles. The summed E-state index contributed by atoms with van der Waals surface area (Å²) in [5.74, 6) is -1.58. The number of nitrogens with one attached hydrogen (secondary N) is 1. The summed E-state index contributed by atoms with van der Waals surface area (Å²) >= 11 is 0. The summed E-state index contributed by atoms with van der Waals surface area (Å²) in [4.78, 5) is 12.3. The lowest BCUT2D eigenvalue weighted by Crippen LogP contribution is -2.50. The van der Waals surface area contributed by atoms with Crippen LogP contribution in [0.4, 0.5) is 62.8 Å². The average molecular weight is 515 g/mol. The Kier molecular flexibility index (Phi) is 6.68. The van der Waals surface area contributed by atoms with Crippen molar-refractivity contribution in [2.75, 3.05) is 5.32 Å². The number of alkyl halides is 13. The molecular formula is C19H10F13NO. The van der Waals surface area contributed by atoms with Gasteiger partial charge in [0.1, 0.15) is 0 Å². The van der Waals surface area contributed by atoms with E-state index in [1.54, 1.807) is 0 Å². The van der Waals surface area contributed by atoms with Crippen LogP contribution in [0.2, 0.25) is 0 Å². The largest absolute Gasteiger partial charge is 0.435 e. The molecule has 0 aliphatic rings. The van der Waals surface area contributed by atoms with Gasteiger partial charge in [-0.1, -0.05) is 18.2 Å². The van der Waals surface area contributed by atoms with Gasteiger partial charge in [0.2, 0.25) is 0 Å². The fourth-order valence-electron chi connectivity index (χ4n) is 2.92. The third kappa shape index (κ3) is 4.92. The third-order valence-corrected chi connectivity index (χ3v) is 4.56. The number of anilines is 1. The first-order chi connectivity index (χ1) is 15.1. The molecule has 0 saturated carbocycles. The molecule has 15 heteroatoms. The maximum absolute atomic E-state index is 14.3. The van der Waals surface area contributed by atoms with Crippen molar-refractivity contribution >= 4 is 11.6 Å². The van der Waals surface area contributed by atoms with Crippen molar-refractivity contribution < 1.29 is 61.9 Å². The van der Waals surface area contributed by atoms with Gasteiger partial charge in [0.05, 0.1) is 16.8 Å². The van der Waals surface area contributed by atoms with Gasteiger partial charge < -0.3 is 5.32 Å². The monoisotopic (exact) mass is 515 g/mol. The summed E-state index contributed by atoms with van der Waals surface area (Å²) in [6, 6.07) is 2.65. The Morgan fingerprint density at radius 3 is 1.47 bits per heavy atom. The lowest BCUT2D eigenvalue weighted by atomic mass is 9.89. The zero-order valence-electron chi connectivity index (χ0n) is 16.3. The fraction of sp³-hybridized carbons (Fsp3) is 0.316. The molecule has 0 fully saturated rings. The van der Waals surface area contributed by atoms with Crippen molar-refractivity contribution in [2.45, 2.75) is 37.3 Å². The van der Waals surface area contributed by atoms with Crippen molar-refractivity contribution in [1.82, 2.24) is 0 Å². The predicted octanol–water partition coefficient (Wildman–Crippen LogP) is 7.57. The van der Waals surface area contributed by atoms with Crippen LogP contribution in [-0.4, -0.2) is 18.3 Å². The topological polar surface area (TPSA) is 29.1 Å². The van der Waals surface area contributed by atoms with E-state index in [4.69, 9.17) is 0 Å². The van der Waals surface area contributed by atoms with Crippen molar-refractivity contribution in [3.8, 4) is 0 Å². The van der Waals surface area contributed by atoms with Crippen molar-refractivity contribution in [1.29, 1.82) is 0 Å². The maximum Gasteiger partial charge on any atom is 0.435 e. The summed E-state index contributed by atoms with van der Waals surface area (Å²) in [6.07, 6.45) is -26.0. The molecule has 0 aliphatic heterocycles. The van der Waals surface area contributed by atoms with Gasteiger partial charge in [-0.3, -0.25) is 4.79 Å². The quantitative estimate of drug-likeness (QED) is 0.420. The van der Waals surface area contributed by atoms with Gasteiger partial charge in [-0.05, 0) is 30.7 Å². The highest BCUT2D eigenvalue weighted by Crippen LogP contribution is 2.55. The summed E-state index contributed by atoms with van der Waals surface area (Å²) in [6.45, 7) is 1.25. The zero-order valence-corrected chi connectivity index (χ0v) is 16.3. The molecule has 0 unspecified atom stereocenters. The number of hydrogen-bond donors (Lipinski definition) is 1. The van der Waals surface area contributed by atoms with E-state index in [0.29, 0.717) is 0 Å². The smallest absolute Gasteiger partial charge is 0.321 e. The standard InChI is InChI=1S/C19H10F13NO/c1-8-4-2-3-5-10(8)14(34)33-13-11(16(21,22)23)6-9(7-12(13)17(24,25)26)15(20,18(27,28)29)19(30,31)32/h2-7H,1H3,(H,33,34). The number of amides is 1. The second-order valence-electron chi connectivity index (χ2n) is 6.86. The molecule has 0 bridgehead atoms. The Morgan fingerprint density at radius 1 is 0.706 bits per heavy atom. The van der Waals surface area contributed by atoms with E-state index < -0.39 is 76.4 Å². The minimum Gasteiger partial charge on any atom is -0.321 e. The summed E-state index contributed by atoms with van der Waals surface area (Å²) in [7, 11) is 0. The number of rotatable bonds is 3. The van der Waals surface area contributed by atoms with Crippen LogP contribution in [0.25, 0.3) is 0 Å². The lowest BCUT2D eigenvalue weighted by molar-refractivity contribution is -0.348. The molecule has 0 saturated heterocycles. The molecule has 2 aromatic rings. The van der Waals surface area contributed by atoms with Gasteiger partial charge in [0.15, 0.2) is 0 Å². The zero-order chi connectivity index (χ0) is 26.5. The minimum atomic E-state index is -6.98. The van der Waals surface area contributed by atoms with Gasteiger partial charge in [0.25, 0.3) is 5.91 Å². The van der Waals surface area contributed by atoms with Crippen LogP contribution in [0.5, 0.6) is 0 Å². The highest BCUT2D eigenvalue weighted by Gasteiger charge is 2.74. The fourth-order valence-corrected chi connectivity index (χ4v) is 2.92. The van der Waals surface area contributed by atoms with E-state index >= 15 is 0 Å². The minimum absolute atomic E-state index is 0.0654. The Balaban J connectivity index is 2.92. The predicted molar refractivity (Wildman–Crippen MR) is 90.5 cm³/mol. The van der Waals surface area contributed by atoms with E-state index in [2.05, 4.69) is 0 Å². The van der Waals surface area contributed by atoms with Gasteiger partial charge in [-0.25, -0.2) is 4.39 Å². The van der Waals surface area contributed by atoms with E-state index in [1.807, 2.05) is 0 Å². The summed E-state index contributed by atoms with van der Waals surface area (Å²) < 4.78 is 173. The molecule has 34 heavy (non-hydrogen) atoms. The second-order valence-corrected chi connectivity index (χ2v) is 6.86. The SMILES string of the molecule is Cc1ccccc1C(=O)Nc1c(C(F)(F)F)cc(C(F)(C(F)(F)F)C(F)(F)F)cc1C(F)(F)F. The number of carbonyl (C=O) groups is 1. The number of aryl methyl sites for hydroxylation is 1. The molecule has 0 radical (unpaired) electrons.